The molecule has 0 fully saturated rings. The molecule has 0 aliphatic heterocycles. The summed E-state index contributed by atoms with van der Waals surface area (Å²) in [4.78, 5) is 0. The average molecular weight is 269 g/mol. The van der Waals surface area contributed by atoms with Crippen molar-refractivity contribution in [2.45, 2.75) is 0 Å². The Morgan fingerprint density at radius 1 is 1.05 bits per heavy atom. The molecule has 2 aromatic rings. The predicted molar refractivity (Wildman–Crippen MR) is 82.0 cm³/mol. The Morgan fingerprint density at radius 3 is 2.50 bits per heavy atom. The first kappa shape index (κ1) is 14.2. The summed E-state index contributed by atoms with van der Waals surface area (Å²) in [5, 5.41) is 3.09. The van der Waals surface area contributed by atoms with Crippen LogP contribution in [0.15, 0.2) is 60.7 Å². The fourth-order valence-electron chi connectivity index (χ4n) is 1.81. The predicted octanol–water partition coefficient (Wildman–Crippen LogP) is 3.33. The van der Waals surface area contributed by atoms with Gasteiger partial charge in [0.25, 0.3) is 0 Å². The highest BCUT2D eigenvalue weighted by Crippen LogP contribution is 2.23. The molecule has 0 saturated carbocycles. The summed E-state index contributed by atoms with van der Waals surface area (Å²) in [7, 11) is 3.57. The standard InChI is InChI=1S/C17H19NO2/c1-18-12-11-17(20-15-8-4-3-5-9-15)14-7-6-10-16(13-14)19-2/h3-11,13,18H,12H2,1-2H3. The molecule has 2 aromatic carbocycles. The molecular weight excluding hydrogens is 250 g/mol. The monoisotopic (exact) mass is 269 g/mol. The second kappa shape index (κ2) is 7.36. The van der Waals surface area contributed by atoms with Crippen molar-refractivity contribution in [1.29, 1.82) is 0 Å². The lowest BCUT2D eigenvalue weighted by molar-refractivity contribution is 0.414. The Labute approximate surface area is 119 Å². The first-order chi connectivity index (χ1) is 9.83. The van der Waals surface area contributed by atoms with Gasteiger partial charge in [-0.25, -0.2) is 0 Å². The molecule has 0 unspecified atom stereocenters. The highest BCUT2D eigenvalue weighted by atomic mass is 16.5. The number of methoxy groups -OCH3 is 1. The summed E-state index contributed by atoms with van der Waals surface area (Å²) in [6.45, 7) is 0.735. The number of hydrogen-bond donors (Lipinski definition) is 1. The molecule has 0 bridgehead atoms. The lowest BCUT2D eigenvalue weighted by atomic mass is 10.1. The molecule has 3 heteroatoms. The van der Waals surface area contributed by atoms with Crippen molar-refractivity contribution in [2.75, 3.05) is 20.7 Å². The van der Waals surface area contributed by atoms with Gasteiger partial charge in [-0.05, 0) is 37.4 Å². The Hall–Kier alpha value is -2.26. The van der Waals surface area contributed by atoms with Gasteiger partial charge in [-0.3, -0.25) is 0 Å². The van der Waals surface area contributed by atoms with Crippen LogP contribution in [-0.4, -0.2) is 20.7 Å². The summed E-state index contributed by atoms with van der Waals surface area (Å²) in [6, 6.07) is 17.6. The molecule has 0 amide bonds. The van der Waals surface area contributed by atoms with Crippen LogP contribution in [0.2, 0.25) is 0 Å². The summed E-state index contributed by atoms with van der Waals surface area (Å²) >= 11 is 0. The maximum absolute atomic E-state index is 5.97. The summed E-state index contributed by atoms with van der Waals surface area (Å²) < 4.78 is 11.2. The van der Waals surface area contributed by atoms with E-state index < -0.39 is 0 Å². The Balaban J connectivity index is 2.27. The van der Waals surface area contributed by atoms with Gasteiger partial charge in [-0.15, -0.1) is 0 Å². The minimum absolute atomic E-state index is 0.735. The third-order valence-corrected chi connectivity index (χ3v) is 2.82. The zero-order valence-corrected chi connectivity index (χ0v) is 11.8. The first-order valence-electron chi connectivity index (χ1n) is 6.55. The Bertz CT molecular complexity index is 564. The molecule has 0 aliphatic rings. The summed E-state index contributed by atoms with van der Waals surface area (Å²) in [5.74, 6) is 2.44. The molecule has 0 spiro atoms. The van der Waals surface area contributed by atoms with E-state index in [1.807, 2.05) is 67.7 Å². The molecule has 1 N–H and O–H groups in total. The molecule has 0 heterocycles. The van der Waals surface area contributed by atoms with E-state index >= 15 is 0 Å². The zero-order valence-electron chi connectivity index (χ0n) is 11.8. The van der Waals surface area contributed by atoms with E-state index in [0.29, 0.717) is 0 Å². The van der Waals surface area contributed by atoms with Crippen LogP contribution in [-0.2, 0) is 0 Å². The van der Waals surface area contributed by atoms with E-state index in [0.717, 1.165) is 29.4 Å². The van der Waals surface area contributed by atoms with Gasteiger partial charge in [0.05, 0.1) is 7.11 Å². The molecule has 0 saturated heterocycles. The van der Waals surface area contributed by atoms with Gasteiger partial charge in [0.15, 0.2) is 0 Å². The number of nitrogens with one attached hydrogen (secondary N) is 1. The lowest BCUT2D eigenvalue weighted by Gasteiger charge is -2.11. The van der Waals surface area contributed by atoms with Crippen molar-refractivity contribution in [2.24, 2.45) is 0 Å². The second-order valence-electron chi connectivity index (χ2n) is 4.27. The molecule has 0 atom stereocenters. The number of para-hydroxylation sites is 1. The van der Waals surface area contributed by atoms with Crippen molar-refractivity contribution in [3.8, 4) is 11.5 Å². The maximum Gasteiger partial charge on any atom is 0.132 e. The quantitative estimate of drug-likeness (QED) is 0.816. The molecule has 2 rings (SSSR count). The van der Waals surface area contributed by atoms with Crippen molar-refractivity contribution in [3.63, 3.8) is 0 Å². The van der Waals surface area contributed by atoms with E-state index in [4.69, 9.17) is 9.47 Å². The number of likely N-dealkylation sites (N-methyl/N-ethyl adjacent to an activating group) is 1. The van der Waals surface area contributed by atoms with Gasteiger partial charge < -0.3 is 14.8 Å². The Kier molecular flexibility index (Phi) is 5.21. The van der Waals surface area contributed by atoms with Crippen molar-refractivity contribution < 1.29 is 9.47 Å². The zero-order chi connectivity index (χ0) is 14.2. The minimum atomic E-state index is 0.735. The van der Waals surface area contributed by atoms with Gasteiger partial charge in [0, 0.05) is 12.1 Å². The molecule has 3 nitrogen and oxygen atoms in total. The average Bonchev–Trinajstić information content (AvgIpc) is 2.52. The van der Waals surface area contributed by atoms with Crippen LogP contribution in [0.4, 0.5) is 0 Å². The third kappa shape index (κ3) is 3.87. The van der Waals surface area contributed by atoms with Crippen LogP contribution in [0, 0.1) is 0 Å². The molecule has 104 valence electrons. The molecule has 0 aromatic heterocycles. The number of hydrogen-bond acceptors (Lipinski definition) is 3. The largest absolute Gasteiger partial charge is 0.497 e. The highest BCUT2D eigenvalue weighted by Gasteiger charge is 2.05. The van der Waals surface area contributed by atoms with E-state index in [1.54, 1.807) is 7.11 Å². The van der Waals surface area contributed by atoms with Crippen molar-refractivity contribution in [3.05, 3.63) is 66.2 Å². The van der Waals surface area contributed by atoms with Crippen LogP contribution >= 0.6 is 0 Å². The smallest absolute Gasteiger partial charge is 0.132 e. The fraction of sp³-hybridized carbons (Fsp3) is 0.176. The number of benzene rings is 2. The number of rotatable bonds is 6. The molecule has 0 aliphatic carbocycles. The fourth-order valence-corrected chi connectivity index (χ4v) is 1.81. The SMILES string of the molecule is CNCC=C(Oc1ccccc1)c1cccc(OC)c1. The first-order valence-corrected chi connectivity index (χ1v) is 6.55. The van der Waals surface area contributed by atoms with Gasteiger partial charge in [0.2, 0.25) is 0 Å². The van der Waals surface area contributed by atoms with Gasteiger partial charge in [0.1, 0.15) is 17.3 Å². The van der Waals surface area contributed by atoms with Gasteiger partial charge >= 0.3 is 0 Å². The molecule has 0 radical (unpaired) electrons. The Morgan fingerprint density at radius 2 is 1.80 bits per heavy atom. The molecular formula is C17H19NO2. The second-order valence-corrected chi connectivity index (χ2v) is 4.27. The van der Waals surface area contributed by atoms with E-state index in [2.05, 4.69) is 5.32 Å². The van der Waals surface area contributed by atoms with Crippen molar-refractivity contribution >= 4 is 5.76 Å². The lowest BCUT2D eigenvalue weighted by Crippen LogP contribution is -2.07. The van der Waals surface area contributed by atoms with E-state index in [9.17, 15) is 0 Å². The van der Waals surface area contributed by atoms with Crippen LogP contribution in [0.5, 0.6) is 11.5 Å². The minimum Gasteiger partial charge on any atom is -0.497 e. The van der Waals surface area contributed by atoms with E-state index in [-0.39, 0.29) is 0 Å². The molecule has 20 heavy (non-hydrogen) atoms. The van der Waals surface area contributed by atoms with Gasteiger partial charge in [-0.1, -0.05) is 30.3 Å². The third-order valence-electron chi connectivity index (χ3n) is 2.82. The van der Waals surface area contributed by atoms with Crippen LogP contribution in [0.3, 0.4) is 0 Å². The van der Waals surface area contributed by atoms with Crippen LogP contribution < -0.4 is 14.8 Å². The number of ether oxygens (including phenoxy) is 2. The van der Waals surface area contributed by atoms with Crippen LogP contribution in [0.25, 0.3) is 5.76 Å². The topological polar surface area (TPSA) is 30.5 Å². The summed E-state index contributed by atoms with van der Waals surface area (Å²) in [6.07, 6.45) is 2.02. The van der Waals surface area contributed by atoms with Gasteiger partial charge in [-0.2, -0.15) is 0 Å². The van der Waals surface area contributed by atoms with Crippen molar-refractivity contribution in [1.82, 2.24) is 5.32 Å². The van der Waals surface area contributed by atoms with Crippen LogP contribution in [0.1, 0.15) is 5.56 Å². The maximum atomic E-state index is 5.97. The highest BCUT2D eigenvalue weighted by molar-refractivity contribution is 5.63. The normalized spacial score (nSPS) is 11.2. The summed E-state index contributed by atoms with van der Waals surface area (Å²) in [5.41, 5.74) is 0.989. The van der Waals surface area contributed by atoms with E-state index in [1.165, 1.54) is 0 Å².